The molecule has 1 unspecified atom stereocenters. The molecule has 1 aromatic carbocycles. The highest BCUT2D eigenvalue weighted by Gasteiger charge is 2.22. The summed E-state index contributed by atoms with van der Waals surface area (Å²) in [6, 6.07) is 10.3. The number of thiazole rings is 1. The van der Waals surface area contributed by atoms with Crippen LogP contribution in [0.3, 0.4) is 0 Å². The zero-order valence-electron chi connectivity index (χ0n) is 15.6. The summed E-state index contributed by atoms with van der Waals surface area (Å²) in [6.45, 7) is 8.53. The summed E-state index contributed by atoms with van der Waals surface area (Å²) >= 11 is 1.68. The molecule has 140 valence electrons. The van der Waals surface area contributed by atoms with Gasteiger partial charge in [-0.25, -0.2) is 4.98 Å². The van der Waals surface area contributed by atoms with Gasteiger partial charge in [-0.2, -0.15) is 0 Å². The van der Waals surface area contributed by atoms with E-state index in [4.69, 9.17) is 0 Å². The molecule has 0 aliphatic carbocycles. The number of anilines is 1. The lowest BCUT2D eigenvalue weighted by atomic mass is 9.96. The van der Waals surface area contributed by atoms with Gasteiger partial charge in [0, 0.05) is 37.8 Å². The Morgan fingerprint density at radius 3 is 2.69 bits per heavy atom. The standard InChI is InChI=1S/C20H28N4OS/c1-16(2)19(17-7-4-3-5-8-17)22-18(25)15-23-10-6-11-24(13-12-23)20-21-9-14-26-20/h3-5,7-9,14,16,19H,6,10-13,15H2,1-2H3,(H,22,25). The minimum absolute atomic E-state index is 0.0579. The van der Waals surface area contributed by atoms with Crippen LogP contribution in [0.25, 0.3) is 0 Å². The van der Waals surface area contributed by atoms with Crippen LogP contribution in [0.1, 0.15) is 31.9 Å². The summed E-state index contributed by atoms with van der Waals surface area (Å²) in [6.07, 6.45) is 2.91. The lowest BCUT2D eigenvalue weighted by molar-refractivity contribution is -0.123. The van der Waals surface area contributed by atoms with Crippen molar-refractivity contribution in [2.45, 2.75) is 26.3 Å². The predicted octanol–water partition coefficient (Wildman–Crippen LogP) is 3.17. The largest absolute Gasteiger partial charge is 0.348 e. The lowest BCUT2D eigenvalue weighted by Crippen LogP contribution is -2.41. The number of amides is 1. The molecule has 1 saturated heterocycles. The van der Waals surface area contributed by atoms with E-state index in [0.717, 1.165) is 37.7 Å². The van der Waals surface area contributed by atoms with Crippen LogP contribution in [0, 0.1) is 5.92 Å². The number of hydrogen-bond acceptors (Lipinski definition) is 5. The van der Waals surface area contributed by atoms with Gasteiger partial charge in [0.25, 0.3) is 0 Å². The summed E-state index contributed by atoms with van der Waals surface area (Å²) < 4.78 is 0. The molecule has 1 amide bonds. The number of benzene rings is 1. The monoisotopic (exact) mass is 372 g/mol. The molecule has 1 aliphatic rings. The van der Waals surface area contributed by atoms with Crippen LogP contribution in [0.15, 0.2) is 41.9 Å². The van der Waals surface area contributed by atoms with E-state index >= 15 is 0 Å². The van der Waals surface area contributed by atoms with Gasteiger partial charge in [-0.05, 0) is 17.9 Å². The minimum Gasteiger partial charge on any atom is -0.348 e. The number of carbonyl (C=O) groups is 1. The number of hydrogen-bond donors (Lipinski definition) is 1. The van der Waals surface area contributed by atoms with E-state index in [0.29, 0.717) is 12.5 Å². The fourth-order valence-electron chi connectivity index (χ4n) is 3.41. The molecule has 3 rings (SSSR count). The second kappa shape index (κ2) is 9.14. The van der Waals surface area contributed by atoms with Gasteiger partial charge >= 0.3 is 0 Å². The fourth-order valence-corrected chi connectivity index (χ4v) is 4.11. The van der Waals surface area contributed by atoms with Gasteiger partial charge in [-0.15, -0.1) is 11.3 Å². The molecule has 0 radical (unpaired) electrons. The van der Waals surface area contributed by atoms with Gasteiger partial charge < -0.3 is 10.2 Å². The lowest BCUT2D eigenvalue weighted by Gasteiger charge is -2.25. The van der Waals surface area contributed by atoms with Crippen LogP contribution < -0.4 is 10.2 Å². The third kappa shape index (κ3) is 5.05. The van der Waals surface area contributed by atoms with Gasteiger partial charge in [-0.1, -0.05) is 44.2 Å². The van der Waals surface area contributed by atoms with Gasteiger partial charge in [-0.3, -0.25) is 9.69 Å². The number of carbonyl (C=O) groups excluding carboxylic acids is 1. The van der Waals surface area contributed by atoms with E-state index < -0.39 is 0 Å². The highest BCUT2D eigenvalue weighted by atomic mass is 32.1. The average Bonchev–Trinajstić information content (AvgIpc) is 3.08. The van der Waals surface area contributed by atoms with Crippen molar-refractivity contribution in [3.8, 4) is 0 Å². The molecule has 0 saturated carbocycles. The van der Waals surface area contributed by atoms with Crippen LogP contribution >= 0.6 is 11.3 Å². The molecule has 1 atom stereocenters. The quantitative estimate of drug-likeness (QED) is 0.846. The van der Waals surface area contributed by atoms with Gasteiger partial charge in [0.1, 0.15) is 0 Å². The molecule has 0 bridgehead atoms. The Morgan fingerprint density at radius 1 is 1.19 bits per heavy atom. The summed E-state index contributed by atoms with van der Waals surface area (Å²) in [5.41, 5.74) is 1.17. The van der Waals surface area contributed by atoms with Crippen LogP contribution in [0.5, 0.6) is 0 Å². The molecule has 6 heteroatoms. The third-order valence-electron chi connectivity index (χ3n) is 4.79. The first kappa shape index (κ1) is 18.9. The molecule has 2 aromatic rings. The Kier molecular flexibility index (Phi) is 6.63. The summed E-state index contributed by atoms with van der Waals surface area (Å²) in [5, 5.41) is 6.33. The SMILES string of the molecule is CC(C)C(NC(=O)CN1CCCN(c2nccs2)CC1)c1ccccc1. The summed E-state index contributed by atoms with van der Waals surface area (Å²) in [4.78, 5) is 21.6. The first-order valence-electron chi connectivity index (χ1n) is 9.34. The molecule has 0 spiro atoms. The van der Waals surface area contributed by atoms with Crippen molar-refractivity contribution >= 4 is 22.4 Å². The van der Waals surface area contributed by atoms with E-state index in [-0.39, 0.29) is 11.9 Å². The normalized spacial score (nSPS) is 17.1. The minimum atomic E-state index is 0.0579. The Balaban J connectivity index is 1.54. The molecular formula is C20H28N4OS. The Morgan fingerprint density at radius 2 is 2.00 bits per heavy atom. The van der Waals surface area contributed by atoms with Crippen molar-refractivity contribution in [3.05, 3.63) is 47.5 Å². The fraction of sp³-hybridized carbons (Fsp3) is 0.500. The molecule has 26 heavy (non-hydrogen) atoms. The van der Waals surface area contributed by atoms with Crippen LogP contribution in [0.2, 0.25) is 0 Å². The number of aromatic nitrogens is 1. The van der Waals surface area contributed by atoms with E-state index in [1.165, 1.54) is 5.56 Å². The highest BCUT2D eigenvalue weighted by Crippen LogP contribution is 2.22. The maximum absolute atomic E-state index is 12.6. The van der Waals surface area contributed by atoms with Crippen molar-refractivity contribution in [2.75, 3.05) is 37.6 Å². The van der Waals surface area contributed by atoms with Crippen LogP contribution in [0.4, 0.5) is 5.13 Å². The van der Waals surface area contributed by atoms with E-state index in [1.54, 1.807) is 11.3 Å². The summed E-state index contributed by atoms with van der Waals surface area (Å²) in [5.74, 6) is 0.459. The Labute approximate surface area is 160 Å². The van der Waals surface area contributed by atoms with E-state index in [2.05, 4.69) is 46.1 Å². The second-order valence-electron chi connectivity index (χ2n) is 7.13. The number of nitrogens with zero attached hydrogens (tertiary/aromatic N) is 3. The van der Waals surface area contributed by atoms with E-state index in [9.17, 15) is 4.79 Å². The molecular weight excluding hydrogens is 344 g/mol. The van der Waals surface area contributed by atoms with Gasteiger partial charge in [0.15, 0.2) is 5.13 Å². The van der Waals surface area contributed by atoms with Gasteiger partial charge in [0.05, 0.1) is 12.6 Å². The van der Waals surface area contributed by atoms with Crippen molar-refractivity contribution in [2.24, 2.45) is 5.92 Å². The van der Waals surface area contributed by atoms with Crippen LogP contribution in [-0.4, -0.2) is 48.5 Å². The van der Waals surface area contributed by atoms with Crippen molar-refractivity contribution in [1.29, 1.82) is 0 Å². The maximum Gasteiger partial charge on any atom is 0.234 e. The predicted molar refractivity (Wildman–Crippen MR) is 108 cm³/mol. The second-order valence-corrected chi connectivity index (χ2v) is 8.00. The van der Waals surface area contributed by atoms with Crippen LogP contribution in [-0.2, 0) is 4.79 Å². The number of nitrogens with one attached hydrogen (secondary N) is 1. The number of rotatable bonds is 6. The maximum atomic E-state index is 12.6. The van der Waals surface area contributed by atoms with Gasteiger partial charge in [0.2, 0.25) is 5.91 Å². The van der Waals surface area contributed by atoms with E-state index in [1.807, 2.05) is 29.8 Å². The first-order chi connectivity index (χ1) is 12.6. The highest BCUT2D eigenvalue weighted by molar-refractivity contribution is 7.13. The zero-order valence-corrected chi connectivity index (χ0v) is 16.4. The molecule has 1 aromatic heterocycles. The van der Waals surface area contributed by atoms with Crippen molar-refractivity contribution in [3.63, 3.8) is 0 Å². The Hall–Kier alpha value is -1.92. The third-order valence-corrected chi connectivity index (χ3v) is 5.62. The average molecular weight is 373 g/mol. The first-order valence-corrected chi connectivity index (χ1v) is 10.2. The smallest absolute Gasteiger partial charge is 0.234 e. The van der Waals surface area contributed by atoms with Crippen molar-refractivity contribution in [1.82, 2.24) is 15.2 Å². The topological polar surface area (TPSA) is 48.5 Å². The summed E-state index contributed by atoms with van der Waals surface area (Å²) in [7, 11) is 0. The molecule has 1 fully saturated rings. The Bertz CT molecular complexity index is 674. The molecule has 1 aliphatic heterocycles. The van der Waals surface area contributed by atoms with Crippen molar-refractivity contribution < 1.29 is 4.79 Å². The molecule has 2 heterocycles. The molecule has 1 N–H and O–H groups in total. The zero-order chi connectivity index (χ0) is 18.4. The molecule has 5 nitrogen and oxygen atoms in total.